The predicted octanol–water partition coefficient (Wildman–Crippen LogP) is 2.96. The Morgan fingerprint density at radius 1 is 0.889 bits per heavy atom. The maximum Gasteiger partial charge on any atom is 0.171 e. The van der Waals surface area contributed by atoms with Crippen LogP contribution in [0.3, 0.4) is 0 Å². The normalized spacial score (nSPS) is 19.0. The molecule has 27 heavy (non-hydrogen) atoms. The van der Waals surface area contributed by atoms with Gasteiger partial charge in [0.15, 0.2) is 11.6 Å². The van der Waals surface area contributed by atoms with E-state index in [0.29, 0.717) is 13.2 Å². The highest BCUT2D eigenvalue weighted by atomic mass is 16.7. The van der Waals surface area contributed by atoms with Crippen LogP contribution >= 0.6 is 0 Å². The van der Waals surface area contributed by atoms with Gasteiger partial charge in [-0.15, -0.1) is 5.10 Å². The summed E-state index contributed by atoms with van der Waals surface area (Å²) in [5, 5.41) is 11.5. The molecule has 2 fully saturated rings. The second-order valence-corrected chi connectivity index (χ2v) is 7.14. The quantitative estimate of drug-likeness (QED) is 0.714. The molecule has 1 aromatic carbocycles. The van der Waals surface area contributed by atoms with Crippen molar-refractivity contribution in [3.8, 4) is 0 Å². The summed E-state index contributed by atoms with van der Waals surface area (Å²) in [5.74, 6) is 0.581. The molecule has 2 aliphatic heterocycles. The van der Waals surface area contributed by atoms with Crippen LogP contribution in [0.25, 0.3) is 10.8 Å². The largest absolute Gasteiger partial charge is 0.354 e. The number of piperidine rings is 1. The van der Waals surface area contributed by atoms with Crippen LogP contribution in [-0.2, 0) is 15.9 Å². The fourth-order valence-corrected chi connectivity index (χ4v) is 4.05. The maximum absolute atomic E-state index is 5.85. The Morgan fingerprint density at radius 2 is 1.59 bits per heavy atom. The molecule has 0 unspecified atom stereocenters. The van der Waals surface area contributed by atoms with E-state index in [4.69, 9.17) is 9.47 Å². The third-order valence-electron chi connectivity index (χ3n) is 5.50. The minimum Gasteiger partial charge on any atom is -0.354 e. The van der Waals surface area contributed by atoms with E-state index in [0.717, 1.165) is 54.6 Å². The summed E-state index contributed by atoms with van der Waals surface area (Å²) in [7, 11) is 0. The number of pyridine rings is 1. The molecule has 2 aliphatic rings. The van der Waals surface area contributed by atoms with Crippen LogP contribution in [-0.4, -0.2) is 47.3 Å². The molecule has 0 N–H and O–H groups in total. The summed E-state index contributed by atoms with van der Waals surface area (Å²) >= 11 is 0. The maximum atomic E-state index is 5.85. The van der Waals surface area contributed by atoms with Crippen molar-refractivity contribution in [1.82, 2.24) is 15.2 Å². The molecule has 2 saturated heterocycles. The van der Waals surface area contributed by atoms with Gasteiger partial charge in [-0.05, 0) is 17.7 Å². The van der Waals surface area contributed by atoms with Gasteiger partial charge in [-0.3, -0.25) is 4.98 Å². The van der Waals surface area contributed by atoms with Crippen LogP contribution in [0.5, 0.6) is 0 Å². The average Bonchev–Trinajstić information content (AvgIpc) is 3.18. The topological polar surface area (TPSA) is 60.4 Å². The second-order valence-electron chi connectivity index (χ2n) is 7.14. The summed E-state index contributed by atoms with van der Waals surface area (Å²) in [5.41, 5.74) is 2.18. The first kappa shape index (κ1) is 16.6. The number of rotatable bonds is 3. The highest BCUT2D eigenvalue weighted by Crippen LogP contribution is 2.35. The van der Waals surface area contributed by atoms with E-state index in [2.05, 4.69) is 44.3 Å². The lowest BCUT2D eigenvalue weighted by Gasteiger charge is -2.38. The minimum absolute atomic E-state index is 0.374. The summed E-state index contributed by atoms with van der Waals surface area (Å²) < 4.78 is 11.7. The first-order valence-corrected chi connectivity index (χ1v) is 9.49. The van der Waals surface area contributed by atoms with E-state index in [1.807, 2.05) is 24.5 Å². The van der Waals surface area contributed by atoms with Crippen molar-refractivity contribution in [2.45, 2.75) is 25.0 Å². The van der Waals surface area contributed by atoms with Gasteiger partial charge >= 0.3 is 0 Å². The summed E-state index contributed by atoms with van der Waals surface area (Å²) in [6.45, 7) is 3.13. The van der Waals surface area contributed by atoms with E-state index in [-0.39, 0.29) is 5.79 Å². The van der Waals surface area contributed by atoms with E-state index < -0.39 is 0 Å². The van der Waals surface area contributed by atoms with Gasteiger partial charge < -0.3 is 14.4 Å². The zero-order valence-electron chi connectivity index (χ0n) is 15.2. The molecular formula is C21H22N4O2. The molecule has 5 rings (SSSR count). The number of ether oxygens (including phenoxy) is 2. The number of hydrogen-bond acceptors (Lipinski definition) is 6. The van der Waals surface area contributed by atoms with Gasteiger partial charge in [0.2, 0.25) is 0 Å². The second kappa shape index (κ2) is 6.87. The molecule has 4 heterocycles. The number of aromatic nitrogens is 3. The molecule has 3 aromatic rings. The Morgan fingerprint density at radius 3 is 2.33 bits per heavy atom. The van der Waals surface area contributed by atoms with Crippen molar-refractivity contribution in [2.24, 2.45) is 0 Å². The van der Waals surface area contributed by atoms with Gasteiger partial charge in [0.1, 0.15) is 0 Å². The lowest BCUT2D eigenvalue weighted by atomic mass is 10.0. The van der Waals surface area contributed by atoms with Gasteiger partial charge in [-0.25, -0.2) is 0 Å². The number of anilines is 1. The van der Waals surface area contributed by atoms with E-state index in [1.165, 1.54) is 5.56 Å². The Bertz CT molecular complexity index is 931. The van der Waals surface area contributed by atoms with Crippen LogP contribution in [0, 0.1) is 0 Å². The van der Waals surface area contributed by atoms with Crippen LogP contribution < -0.4 is 4.90 Å². The molecule has 138 valence electrons. The van der Waals surface area contributed by atoms with Crippen LogP contribution in [0.1, 0.15) is 24.1 Å². The van der Waals surface area contributed by atoms with Crippen LogP contribution in [0.4, 0.5) is 5.82 Å². The Labute approximate surface area is 158 Å². The first-order valence-electron chi connectivity index (χ1n) is 9.49. The first-order chi connectivity index (χ1) is 13.3. The number of fused-ring (bicyclic) bond motifs is 1. The third-order valence-corrected chi connectivity index (χ3v) is 5.50. The van der Waals surface area contributed by atoms with Crippen molar-refractivity contribution >= 4 is 16.6 Å². The molecule has 6 nitrogen and oxygen atoms in total. The van der Waals surface area contributed by atoms with Gasteiger partial charge in [0, 0.05) is 55.5 Å². The van der Waals surface area contributed by atoms with Crippen molar-refractivity contribution < 1.29 is 9.47 Å². The van der Waals surface area contributed by atoms with Gasteiger partial charge in [0.05, 0.1) is 18.9 Å². The van der Waals surface area contributed by atoms with Gasteiger partial charge in [-0.1, -0.05) is 24.3 Å². The Kier molecular flexibility index (Phi) is 4.22. The molecule has 0 aliphatic carbocycles. The molecule has 2 aromatic heterocycles. The van der Waals surface area contributed by atoms with Crippen LogP contribution in [0.2, 0.25) is 0 Å². The molecule has 0 amide bonds. The SMILES string of the molecule is c1ccc2c(N3CCC4(CC3)OCCO4)nnc(Cc3ccncc3)c2c1. The molecule has 0 bridgehead atoms. The number of benzene rings is 1. The fourth-order valence-electron chi connectivity index (χ4n) is 4.05. The highest BCUT2D eigenvalue weighted by Gasteiger charge is 2.40. The van der Waals surface area contributed by atoms with Crippen molar-refractivity contribution in [2.75, 3.05) is 31.2 Å². The Balaban J connectivity index is 1.45. The molecule has 0 saturated carbocycles. The number of nitrogens with zero attached hydrogens (tertiary/aromatic N) is 4. The predicted molar refractivity (Wildman–Crippen MR) is 103 cm³/mol. The standard InChI is InChI=1S/C21H22N4O2/c1-2-4-18-17(3-1)19(15-16-5-9-22-10-6-16)23-24-20(18)25-11-7-21(8-12-25)26-13-14-27-21/h1-6,9-10H,7-8,11-15H2. The smallest absolute Gasteiger partial charge is 0.171 e. The lowest BCUT2D eigenvalue weighted by molar-refractivity contribution is -0.169. The van der Waals surface area contributed by atoms with E-state index in [1.54, 1.807) is 0 Å². The molecule has 0 radical (unpaired) electrons. The lowest BCUT2D eigenvalue weighted by Crippen LogP contribution is -2.45. The zero-order chi connectivity index (χ0) is 18.1. The van der Waals surface area contributed by atoms with E-state index in [9.17, 15) is 0 Å². The van der Waals surface area contributed by atoms with Crippen molar-refractivity contribution in [3.63, 3.8) is 0 Å². The van der Waals surface area contributed by atoms with E-state index >= 15 is 0 Å². The molecule has 0 atom stereocenters. The van der Waals surface area contributed by atoms with Crippen molar-refractivity contribution in [1.29, 1.82) is 0 Å². The third kappa shape index (κ3) is 3.15. The molecule has 6 heteroatoms. The number of hydrogen-bond donors (Lipinski definition) is 0. The average molecular weight is 362 g/mol. The van der Waals surface area contributed by atoms with Crippen molar-refractivity contribution in [3.05, 3.63) is 60.0 Å². The minimum atomic E-state index is -0.374. The van der Waals surface area contributed by atoms with Gasteiger partial charge in [-0.2, -0.15) is 5.10 Å². The van der Waals surface area contributed by atoms with Crippen LogP contribution in [0.15, 0.2) is 48.8 Å². The summed E-state index contributed by atoms with van der Waals surface area (Å²) in [6.07, 6.45) is 6.11. The summed E-state index contributed by atoms with van der Waals surface area (Å²) in [4.78, 5) is 6.40. The summed E-state index contributed by atoms with van der Waals surface area (Å²) in [6, 6.07) is 12.5. The zero-order valence-corrected chi connectivity index (χ0v) is 15.2. The highest BCUT2D eigenvalue weighted by molar-refractivity contribution is 5.93. The molecular weight excluding hydrogens is 340 g/mol. The molecule has 1 spiro atoms. The monoisotopic (exact) mass is 362 g/mol. The van der Waals surface area contributed by atoms with Gasteiger partial charge in [0.25, 0.3) is 0 Å². The fraction of sp³-hybridized carbons (Fsp3) is 0.381. The Hall–Kier alpha value is -2.57.